The number of fused-ring (bicyclic) bond motifs is 1. The number of amides is 2. The molecule has 4 aromatic rings. The molecule has 0 atom stereocenters. The van der Waals surface area contributed by atoms with Gasteiger partial charge in [-0.25, -0.2) is 4.98 Å². The Bertz CT molecular complexity index is 1220. The van der Waals surface area contributed by atoms with Gasteiger partial charge in [-0.05, 0) is 30.2 Å². The first-order valence-corrected chi connectivity index (χ1v) is 10.7. The van der Waals surface area contributed by atoms with Gasteiger partial charge in [0, 0.05) is 35.8 Å². The molecule has 0 bridgehead atoms. The van der Waals surface area contributed by atoms with Crippen molar-refractivity contribution in [3.8, 4) is 0 Å². The van der Waals surface area contributed by atoms with Gasteiger partial charge < -0.3 is 9.32 Å². The van der Waals surface area contributed by atoms with E-state index in [1.807, 2.05) is 58.8 Å². The first-order chi connectivity index (χ1) is 14.7. The van der Waals surface area contributed by atoms with Crippen LogP contribution in [0.5, 0.6) is 0 Å². The summed E-state index contributed by atoms with van der Waals surface area (Å²) in [6.07, 6.45) is 3.19. The number of nitrogens with one attached hydrogen (secondary N) is 1. The maximum Gasteiger partial charge on any atom is 0.261 e. The van der Waals surface area contributed by atoms with Crippen LogP contribution < -0.4 is 5.32 Å². The molecule has 0 unspecified atom stereocenters. The Hall–Kier alpha value is -3.45. The van der Waals surface area contributed by atoms with Crippen LogP contribution in [-0.4, -0.2) is 34.8 Å². The number of hydrogen-bond donors (Lipinski definition) is 1. The van der Waals surface area contributed by atoms with Gasteiger partial charge in [-0.15, -0.1) is 11.3 Å². The lowest BCUT2D eigenvalue weighted by Crippen LogP contribution is -2.41. The first kappa shape index (κ1) is 18.6. The van der Waals surface area contributed by atoms with E-state index in [0.717, 1.165) is 41.7 Å². The zero-order valence-corrected chi connectivity index (χ0v) is 16.9. The van der Waals surface area contributed by atoms with Crippen molar-refractivity contribution in [2.24, 2.45) is 0 Å². The van der Waals surface area contributed by atoms with Crippen LogP contribution in [0.15, 0.2) is 64.6 Å². The standard InChI is InChI=1S/C23H19N3O3S/c27-21(19-13-29-20-5-2-1-4-18(19)20)25-23-24-17(14-30-23)12-15-6-8-16(9-7-15)22(28)26-10-3-11-26/h1-2,4-9,13-14H,3,10-12H2,(H,24,25,27). The van der Waals surface area contributed by atoms with E-state index in [2.05, 4.69) is 10.3 Å². The lowest BCUT2D eigenvalue weighted by molar-refractivity contribution is 0.0651. The number of carbonyl (C=O) groups is 2. The molecule has 1 N–H and O–H groups in total. The summed E-state index contributed by atoms with van der Waals surface area (Å²) >= 11 is 1.39. The maximum atomic E-state index is 12.6. The number of aromatic nitrogens is 1. The van der Waals surface area contributed by atoms with E-state index in [1.165, 1.54) is 17.6 Å². The molecule has 5 rings (SSSR count). The molecule has 1 aliphatic rings. The van der Waals surface area contributed by atoms with Crippen molar-refractivity contribution in [3.05, 3.63) is 82.6 Å². The summed E-state index contributed by atoms with van der Waals surface area (Å²) in [6, 6.07) is 15.1. The van der Waals surface area contributed by atoms with Crippen LogP contribution in [0.3, 0.4) is 0 Å². The minimum absolute atomic E-state index is 0.0956. The Labute approximate surface area is 177 Å². The smallest absolute Gasteiger partial charge is 0.261 e. The molecule has 7 heteroatoms. The molecule has 2 aromatic carbocycles. The van der Waals surface area contributed by atoms with Gasteiger partial charge in [-0.2, -0.15) is 0 Å². The van der Waals surface area contributed by atoms with E-state index in [9.17, 15) is 9.59 Å². The van der Waals surface area contributed by atoms with Gasteiger partial charge in [0.15, 0.2) is 5.13 Å². The van der Waals surface area contributed by atoms with Crippen LogP contribution in [0.1, 0.15) is 38.4 Å². The van der Waals surface area contributed by atoms with Gasteiger partial charge in [0.1, 0.15) is 11.8 Å². The first-order valence-electron chi connectivity index (χ1n) is 9.77. The van der Waals surface area contributed by atoms with Gasteiger partial charge in [-0.3, -0.25) is 14.9 Å². The number of hydrogen-bond acceptors (Lipinski definition) is 5. The Kier molecular flexibility index (Phi) is 4.80. The summed E-state index contributed by atoms with van der Waals surface area (Å²) in [7, 11) is 0. The minimum atomic E-state index is -0.241. The highest BCUT2D eigenvalue weighted by Gasteiger charge is 2.21. The highest BCUT2D eigenvalue weighted by molar-refractivity contribution is 7.14. The summed E-state index contributed by atoms with van der Waals surface area (Å²) in [5.74, 6) is -0.145. The number of rotatable bonds is 5. The summed E-state index contributed by atoms with van der Waals surface area (Å²) < 4.78 is 5.44. The molecule has 1 aliphatic heterocycles. The summed E-state index contributed by atoms with van der Waals surface area (Å²) in [5, 5.41) is 6.11. The van der Waals surface area contributed by atoms with E-state index >= 15 is 0 Å². The zero-order chi connectivity index (χ0) is 20.5. The third-order valence-electron chi connectivity index (χ3n) is 5.23. The van der Waals surface area contributed by atoms with Crippen molar-refractivity contribution in [1.29, 1.82) is 0 Å². The Balaban J connectivity index is 1.24. The number of furan rings is 1. The zero-order valence-electron chi connectivity index (χ0n) is 16.1. The number of anilines is 1. The van der Waals surface area contributed by atoms with E-state index in [0.29, 0.717) is 22.7 Å². The van der Waals surface area contributed by atoms with E-state index < -0.39 is 0 Å². The lowest BCUT2D eigenvalue weighted by Gasteiger charge is -2.30. The molecule has 0 saturated carbocycles. The van der Waals surface area contributed by atoms with Crippen LogP contribution in [0, 0.1) is 0 Å². The predicted molar refractivity (Wildman–Crippen MR) is 116 cm³/mol. The molecule has 0 spiro atoms. The Morgan fingerprint density at radius 3 is 2.67 bits per heavy atom. The number of nitrogens with zero attached hydrogens (tertiary/aromatic N) is 2. The highest BCUT2D eigenvalue weighted by atomic mass is 32.1. The SMILES string of the molecule is O=C(Nc1nc(Cc2ccc(C(=O)N3CCC3)cc2)cs1)c1coc2ccccc12. The second-order valence-electron chi connectivity index (χ2n) is 7.26. The highest BCUT2D eigenvalue weighted by Crippen LogP contribution is 2.24. The number of thiazole rings is 1. The molecule has 1 saturated heterocycles. The molecular formula is C23H19N3O3S. The Morgan fingerprint density at radius 2 is 1.90 bits per heavy atom. The fourth-order valence-corrected chi connectivity index (χ4v) is 4.15. The van der Waals surface area contributed by atoms with Gasteiger partial charge in [0.25, 0.3) is 11.8 Å². The van der Waals surface area contributed by atoms with Crippen molar-refractivity contribution >= 4 is 39.3 Å². The summed E-state index contributed by atoms with van der Waals surface area (Å²) in [5.41, 5.74) is 3.83. The van der Waals surface area contributed by atoms with E-state index in [-0.39, 0.29) is 11.8 Å². The van der Waals surface area contributed by atoms with Crippen molar-refractivity contribution in [3.63, 3.8) is 0 Å². The van der Waals surface area contributed by atoms with Crippen molar-refractivity contribution in [2.45, 2.75) is 12.8 Å². The molecule has 0 radical (unpaired) electrons. The monoisotopic (exact) mass is 417 g/mol. The molecule has 6 nitrogen and oxygen atoms in total. The second-order valence-corrected chi connectivity index (χ2v) is 8.12. The van der Waals surface area contributed by atoms with Crippen molar-refractivity contribution in [2.75, 3.05) is 18.4 Å². The van der Waals surface area contributed by atoms with Crippen LogP contribution in [-0.2, 0) is 6.42 Å². The van der Waals surface area contributed by atoms with Crippen molar-refractivity contribution < 1.29 is 14.0 Å². The minimum Gasteiger partial charge on any atom is -0.463 e. The lowest BCUT2D eigenvalue weighted by atomic mass is 10.1. The van der Waals surface area contributed by atoms with Gasteiger partial charge >= 0.3 is 0 Å². The third-order valence-corrected chi connectivity index (χ3v) is 6.03. The largest absolute Gasteiger partial charge is 0.463 e. The quantitative estimate of drug-likeness (QED) is 0.516. The fourth-order valence-electron chi connectivity index (χ4n) is 3.44. The topological polar surface area (TPSA) is 75.4 Å². The summed E-state index contributed by atoms with van der Waals surface area (Å²) in [6.45, 7) is 1.70. The molecule has 0 aliphatic carbocycles. The van der Waals surface area contributed by atoms with Gasteiger partial charge in [-0.1, -0.05) is 30.3 Å². The number of para-hydroxylation sites is 1. The molecule has 30 heavy (non-hydrogen) atoms. The molecule has 3 heterocycles. The molecule has 150 valence electrons. The van der Waals surface area contributed by atoms with Crippen LogP contribution in [0.4, 0.5) is 5.13 Å². The average molecular weight is 417 g/mol. The normalized spacial score (nSPS) is 13.3. The van der Waals surface area contributed by atoms with Gasteiger partial charge in [0.05, 0.1) is 11.3 Å². The molecule has 2 aromatic heterocycles. The Morgan fingerprint density at radius 1 is 1.10 bits per heavy atom. The number of benzene rings is 2. The number of likely N-dealkylation sites (tertiary alicyclic amines) is 1. The maximum absolute atomic E-state index is 12.6. The second kappa shape index (κ2) is 7.76. The predicted octanol–water partition coefficient (Wildman–Crippen LogP) is 4.58. The van der Waals surface area contributed by atoms with E-state index in [4.69, 9.17) is 4.42 Å². The molecular weight excluding hydrogens is 398 g/mol. The van der Waals surface area contributed by atoms with Crippen molar-refractivity contribution in [1.82, 2.24) is 9.88 Å². The van der Waals surface area contributed by atoms with Gasteiger partial charge in [0.2, 0.25) is 0 Å². The summed E-state index contributed by atoms with van der Waals surface area (Å²) in [4.78, 5) is 31.2. The van der Waals surface area contributed by atoms with Crippen LogP contribution in [0.2, 0.25) is 0 Å². The number of carbonyl (C=O) groups excluding carboxylic acids is 2. The van der Waals surface area contributed by atoms with Crippen LogP contribution >= 0.6 is 11.3 Å². The fraction of sp³-hybridized carbons (Fsp3) is 0.174. The average Bonchev–Trinajstić information content (AvgIpc) is 3.34. The molecule has 1 fully saturated rings. The van der Waals surface area contributed by atoms with E-state index in [1.54, 1.807) is 0 Å². The third kappa shape index (κ3) is 3.59. The van der Waals surface area contributed by atoms with Crippen LogP contribution in [0.25, 0.3) is 11.0 Å². The molecule has 2 amide bonds.